The second kappa shape index (κ2) is 6.45. The van der Waals surface area contributed by atoms with Gasteiger partial charge in [-0.05, 0) is 30.8 Å². The summed E-state index contributed by atoms with van der Waals surface area (Å²) in [5, 5.41) is 3.10. The predicted molar refractivity (Wildman–Crippen MR) is 73.2 cm³/mol. The van der Waals surface area contributed by atoms with Crippen LogP contribution in [-0.4, -0.2) is 6.54 Å². The molecule has 2 rings (SSSR count). The Morgan fingerprint density at radius 2 is 1.52 bits per heavy atom. The highest BCUT2D eigenvalue weighted by atomic mass is 35.5. The number of hydrogen-bond donors (Lipinski definition) is 1. The molecule has 0 saturated carbocycles. The lowest BCUT2D eigenvalue weighted by molar-refractivity contribution is 0.477. The van der Waals surface area contributed by atoms with Gasteiger partial charge in [-0.2, -0.15) is 0 Å². The zero-order chi connectivity index (χ0) is 15.6. The van der Waals surface area contributed by atoms with E-state index in [9.17, 15) is 17.6 Å². The highest BCUT2D eigenvalue weighted by Gasteiger charge is 2.22. The molecule has 1 N–H and O–H groups in total. The van der Waals surface area contributed by atoms with Crippen molar-refractivity contribution < 1.29 is 17.6 Å². The average molecular weight is 318 g/mol. The summed E-state index contributed by atoms with van der Waals surface area (Å²) in [6.07, 6.45) is 0. The second-order valence-electron chi connectivity index (χ2n) is 4.44. The Labute approximate surface area is 124 Å². The van der Waals surface area contributed by atoms with Crippen molar-refractivity contribution in [3.63, 3.8) is 0 Å². The van der Waals surface area contributed by atoms with E-state index >= 15 is 0 Å². The Morgan fingerprint density at radius 1 is 0.905 bits per heavy atom. The molecule has 0 heterocycles. The molecular weight excluding hydrogens is 306 g/mol. The number of hydrogen-bond acceptors (Lipinski definition) is 1. The van der Waals surface area contributed by atoms with E-state index in [1.165, 1.54) is 12.1 Å². The predicted octanol–water partition coefficient (Wildman–Crippen LogP) is 4.60. The van der Waals surface area contributed by atoms with Gasteiger partial charge in [0, 0.05) is 22.2 Å². The van der Waals surface area contributed by atoms with Crippen LogP contribution in [0.5, 0.6) is 0 Å². The van der Waals surface area contributed by atoms with Crippen LogP contribution < -0.4 is 5.32 Å². The van der Waals surface area contributed by atoms with Crippen molar-refractivity contribution in [2.24, 2.45) is 0 Å². The van der Waals surface area contributed by atoms with Gasteiger partial charge in [0.25, 0.3) is 0 Å². The molecule has 0 amide bonds. The van der Waals surface area contributed by atoms with Crippen molar-refractivity contribution in [2.45, 2.75) is 13.0 Å². The van der Waals surface area contributed by atoms with Crippen LogP contribution in [0, 0.1) is 23.3 Å². The summed E-state index contributed by atoms with van der Waals surface area (Å²) in [5.74, 6) is -4.07. The van der Waals surface area contributed by atoms with Crippen LogP contribution in [0.15, 0.2) is 30.3 Å². The molecule has 0 aliphatic rings. The smallest absolute Gasteiger partial charge is 0.161 e. The van der Waals surface area contributed by atoms with Crippen molar-refractivity contribution >= 4 is 11.6 Å². The molecule has 112 valence electrons. The van der Waals surface area contributed by atoms with Crippen LogP contribution in [0.2, 0.25) is 5.02 Å². The number of halogens is 5. The summed E-state index contributed by atoms with van der Waals surface area (Å²) >= 11 is 5.82. The Kier molecular flexibility index (Phi) is 4.85. The normalized spacial score (nSPS) is 12.5. The average Bonchev–Trinajstić information content (AvgIpc) is 2.43. The van der Waals surface area contributed by atoms with Crippen LogP contribution in [0.3, 0.4) is 0 Å². The number of benzene rings is 2. The third-order valence-electron chi connectivity index (χ3n) is 3.03. The Bertz CT molecular complexity index is 660. The third kappa shape index (κ3) is 3.36. The van der Waals surface area contributed by atoms with Gasteiger partial charge in [0.2, 0.25) is 0 Å². The molecule has 6 heteroatoms. The monoisotopic (exact) mass is 317 g/mol. The fourth-order valence-corrected chi connectivity index (χ4v) is 2.27. The first-order chi connectivity index (χ1) is 9.93. The van der Waals surface area contributed by atoms with E-state index in [0.717, 1.165) is 12.1 Å². The van der Waals surface area contributed by atoms with Crippen LogP contribution in [0.1, 0.15) is 24.1 Å². The van der Waals surface area contributed by atoms with E-state index in [2.05, 4.69) is 5.32 Å². The molecule has 21 heavy (non-hydrogen) atoms. The zero-order valence-corrected chi connectivity index (χ0v) is 11.8. The first kappa shape index (κ1) is 15.8. The summed E-state index contributed by atoms with van der Waals surface area (Å²) in [6.45, 7) is 2.10. The maximum absolute atomic E-state index is 14.0. The van der Waals surface area contributed by atoms with Crippen molar-refractivity contribution in [3.05, 3.63) is 69.8 Å². The van der Waals surface area contributed by atoms with E-state index in [1.807, 2.05) is 0 Å². The van der Waals surface area contributed by atoms with E-state index in [-0.39, 0.29) is 16.1 Å². The highest BCUT2D eigenvalue weighted by Crippen LogP contribution is 2.29. The molecule has 0 spiro atoms. The molecule has 0 radical (unpaired) electrons. The largest absolute Gasteiger partial charge is 0.306 e. The molecule has 0 fully saturated rings. The highest BCUT2D eigenvalue weighted by molar-refractivity contribution is 6.30. The molecule has 0 aromatic heterocycles. The summed E-state index contributed by atoms with van der Waals surface area (Å²) in [7, 11) is 0. The topological polar surface area (TPSA) is 12.0 Å². The zero-order valence-electron chi connectivity index (χ0n) is 11.1. The van der Waals surface area contributed by atoms with Crippen LogP contribution in [0.25, 0.3) is 0 Å². The van der Waals surface area contributed by atoms with Gasteiger partial charge >= 0.3 is 0 Å². The second-order valence-corrected chi connectivity index (χ2v) is 4.88. The van der Waals surface area contributed by atoms with Crippen molar-refractivity contribution in [1.29, 1.82) is 0 Å². The molecule has 1 unspecified atom stereocenters. The van der Waals surface area contributed by atoms with Crippen LogP contribution in [0.4, 0.5) is 17.6 Å². The van der Waals surface area contributed by atoms with E-state index in [0.29, 0.717) is 12.6 Å². The van der Waals surface area contributed by atoms with E-state index < -0.39 is 29.3 Å². The standard InChI is InChI=1S/C15H12ClF4N/c1-2-21-15(9-5-8(16)3-4-11(9)17)10-6-13(19)14(20)7-12(10)18/h3-7,15,21H,2H2,1H3. The first-order valence-electron chi connectivity index (χ1n) is 6.26. The first-order valence-corrected chi connectivity index (χ1v) is 6.64. The third-order valence-corrected chi connectivity index (χ3v) is 3.26. The summed E-state index contributed by atoms with van der Waals surface area (Å²) < 4.78 is 54.3. The van der Waals surface area contributed by atoms with E-state index in [4.69, 9.17) is 11.6 Å². The summed E-state index contributed by atoms with van der Waals surface area (Å²) in [4.78, 5) is 0. The molecule has 0 saturated heterocycles. The molecule has 1 nitrogen and oxygen atoms in total. The quantitative estimate of drug-likeness (QED) is 0.642. The van der Waals surface area contributed by atoms with Gasteiger partial charge in [-0.15, -0.1) is 0 Å². The molecule has 2 aromatic rings. The van der Waals surface area contributed by atoms with Gasteiger partial charge in [0.1, 0.15) is 11.6 Å². The van der Waals surface area contributed by atoms with Crippen molar-refractivity contribution in [1.82, 2.24) is 5.32 Å². The number of nitrogens with one attached hydrogen (secondary N) is 1. The van der Waals surface area contributed by atoms with Crippen molar-refractivity contribution in [3.8, 4) is 0 Å². The Morgan fingerprint density at radius 3 is 2.19 bits per heavy atom. The van der Waals surface area contributed by atoms with Crippen LogP contribution >= 0.6 is 11.6 Å². The van der Waals surface area contributed by atoms with Gasteiger partial charge < -0.3 is 5.32 Å². The Balaban J connectivity index is 2.58. The molecule has 0 bridgehead atoms. The molecule has 1 atom stereocenters. The number of rotatable bonds is 4. The van der Waals surface area contributed by atoms with E-state index in [1.54, 1.807) is 6.92 Å². The lowest BCUT2D eigenvalue weighted by Crippen LogP contribution is -2.24. The molecular formula is C15H12ClF4N. The maximum atomic E-state index is 14.0. The van der Waals surface area contributed by atoms with Gasteiger partial charge in [-0.3, -0.25) is 0 Å². The van der Waals surface area contributed by atoms with Gasteiger partial charge in [-0.1, -0.05) is 18.5 Å². The van der Waals surface area contributed by atoms with Crippen LogP contribution in [-0.2, 0) is 0 Å². The van der Waals surface area contributed by atoms with Gasteiger partial charge in [-0.25, -0.2) is 17.6 Å². The minimum atomic E-state index is -1.29. The molecule has 0 aliphatic heterocycles. The maximum Gasteiger partial charge on any atom is 0.161 e. The minimum absolute atomic E-state index is 0.0641. The lowest BCUT2D eigenvalue weighted by Gasteiger charge is -2.20. The molecule has 0 aliphatic carbocycles. The summed E-state index contributed by atoms with van der Waals surface area (Å²) in [6, 6.07) is 4.01. The minimum Gasteiger partial charge on any atom is -0.306 e. The Hall–Kier alpha value is -1.59. The lowest BCUT2D eigenvalue weighted by atomic mass is 9.97. The van der Waals surface area contributed by atoms with Gasteiger partial charge in [0.15, 0.2) is 11.6 Å². The summed E-state index contributed by atoms with van der Waals surface area (Å²) in [5.41, 5.74) is -0.119. The molecule has 2 aromatic carbocycles. The fourth-order valence-electron chi connectivity index (χ4n) is 2.09. The SMILES string of the molecule is CCNC(c1cc(Cl)ccc1F)c1cc(F)c(F)cc1F. The van der Waals surface area contributed by atoms with Gasteiger partial charge in [0.05, 0.1) is 6.04 Å². The fraction of sp³-hybridized carbons (Fsp3) is 0.200. The van der Waals surface area contributed by atoms with Crippen molar-refractivity contribution in [2.75, 3.05) is 6.54 Å².